The van der Waals surface area contributed by atoms with Crippen molar-refractivity contribution in [2.24, 2.45) is 0 Å². The Kier molecular flexibility index (Phi) is 7.88. The van der Waals surface area contributed by atoms with Crippen molar-refractivity contribution < 1.29 is 21.9 Å². The monoisotopic (exact) mass is 628 g/mol. The molecule has 1 atom stereocenters. The van der Waals surface area contributed by atoms with Crippen LogP contribution in [-0.4, -0.2) is 48.5 Å². The molecule has 0 bridgehead atoms. The number of nitrogens with two attached hydrogens (primary N) is 1. The molecule has 6 rings (SSSR count). The number of nitrogen functional groups attached to an aromatic ring is 1. The number of fused-ring (bicyclic) bond motifs is 1. The molecule has 1 fully saturated rings. The number of pyridine rings is 1. The Morgan fingerprint density at radius 3 is 2.56 bits per heavy atom. The average molecular weight is 629 g/mol. The smallest absolute Gasteiger partial charge is 0.264 e. The van der Waals surface area contributed by atoms with Crippen LogP contribution >= 0.6 is 11.6 Å². The van der Waals surface area contributed by atoms with Crippen molar-refractivity contribution in [1.82, 2.24) is 20.1 Å². The topological polar surface area (TPSA) is 124 Å². The lowest BCUT2D eigenvalue weighted by atomic mass is 9.89. The molecule has 13 heteroatoms. The number of allylic oxidation sites excluding steroid dienone is 1. The molecule has 0 radical (unpaired) electrons. The average Bonchev–Trinajstić information content (AvgIpc) is 3.36. The van der Waals surface area contributed by atoms with Crippen molar-refractivity contribution in [3.63, 3.8) is 0 Å². The fourth-order valence-electron chi connectivity index (χ4n) is 5.53. The van der Waals surface area contributed by atoms with E-state index in [0.717, 1.165) is 61.3 Å². The number of ether oxygens (including phenoxy) is 1. The van der Waals surface area contributed by atoms with E-state index in [-0.39, 0.29) is 22.6 Å². The number of aromatic nitrogens is 3. The fourth-order valence-corrected chi connectivity index (χ4v) is 6.94. The highest BCUT2D eigenvalue weighted by atomic mass is 35.5. The SMILES string of the molecule is CC(C)n1nc(-c2ccc(NS(=O)(=O)c3cc(Cl)ccc3F)c(F)c2)c2c(N)ncc(C3=CC[C@@H](NC4COC4)CC3)c21. The van der Waals surface area contributed by atoms with Gasteiger partial charge in [0.15, 0.2) is 0 Å². The Balaban J connectivity index is 1.36. The largest absolute Gasteiger partial charge is 0.383 e. The number of anilines is 2. The van der Waals surface area contributed by atoms with Crippen molar-refractivity contribution in [2.45, 2.75) is 56.1 Å². The molecule has 4 N–H and O–H groups in total. The lowest BCUT2D eigenvalue weighted by molar-refractivity contribution is -0.0103. The van der Waals surface area contributed by atoms with E-state index in [1.807, 2.05) is 18.5 Å². The van der Waals surface area contributed by atoms with Gasteiger partial charge < -0.3 is 15.8 Å². The maximum atomic E-state index is 15.4. The van der Waals surface area contributed by atoms with E-state index in [1.54, 1.807) is 6.20 Å². The van der Waals surface area contributed by atoms with Crippen molar-refractivity contribution >= 4 is 49.6 Å². The fraction of sp³-hybridized carbons (Fsp3) is 0.333. The molecule has 226 valence electrons. The number of nitrogens with zero attached hydrogens (tertiary/aromatic N) is 3. The Labute approximate surface area is 253 Å². The number of hydrogen-bond acceptors (Lipinski definition) is 7. The first kappa shape index (κ1) is 29.5. The summed E-state index contributed by atoms with van der Waals surface area (Å²) in [6.07, 6.45) is 6.70. The lowest BCUT2D eigenvalue weighted by Crippen LogP contribution is -2.50. The van der Waals surface area contributed by atoms with Gasteiger partial charge in [0.05, 0.1) is 35.8 Å². The number of halogens is 3. The highest BCUT2D eigenvalue weighted by Gasteiger charge is 2.27. The van der Waals surface area contributed by atoms with Crippen molar-refractivity contribution in [3.05, 3.63) is 70.9 Å². The van der Waals surface area contributed by atoms with Crippen molar-refractivity contribution in [1.29, 1.82) is 0 Å². The molecule has 4 aromatic rings. The molecular weight excluding hydrogens is 598 g/mol. The minimum Gasteiger partial charge on any atom is -0.383 e. The van der Waals surface area contributed by atoms with Gasteiger partial charge in [0.2, 0.25) is 0 Å². The van der Waals surface area contributed by atoms with Crippen molar-refractivity contribution in [2.75, 3.05) is 23.7 Å². The minimum absolute atomic E-state index is 0.0278. The van der Waals surface area contributed by atoms with Crippen molar-refractivity contribution in [3.8, 4) is 11.3 Å². The first-order valence-electron chi connectivity index (χ1n) is 14.0. The number of hydrogen-bond donors (Lipinski definition) is 3. The Hall–Kier alpha value is -3.58. The highest BCUT2D eigenvalue weighted by molar-refractivity contribution is 7.92. The van der Waals surface area contributed by atoms with Gasteiger partial charge in [0.1, 0.15) is 28.0 Å². The summed E-state index contributed by atoms with van der Waals surface area (Å²) in [5.74, 6) is -1.63. The second-order valence-electron chi connectivity index (χ2n) is 11.1. The van der Waals surface area contributed by atoms with E-state index in [1.165, 1.54) is 24.3 Å². The number of benzene rings is 2. The summed E-state index contributed by atoms with van der Waals surface area (Å²) < 4.78 is 64.6. The maximum absolute atomic E-state index is 15.4. The minimum atomic E-state index is -4.46. The van der Waals surface area contributed by atoms with E-state index in [2.05, 4.69) is 21.1 Å². The zero-order valence-electron chi connectivity index (χ0n) is 23.6. The van der Waals surface area contributed by atoms with Gasteiger partial charge in [-0.1, -0.05) is 23.7 Å². The molecule has 1 aliphatic carbocycles. The third-order valence-corrected chi connectivity index (χ3v) is 9.40. The maximum Gasteiger partial charge on any atom is 0.264 e. The van der Waals surface area contributed by atoms with E-state index in [0.29, 0.717) is 28.7 Å². The summed E-state index contributed by atoms with van der Waals surface area (Å²) >= 11 is 5.86. The van der Waals surface area contributed by atoms with Gasteiger partial charge >= 0.3 is 0 Å². The molecule has 43 heavy (non-hydrogen) atoms. The van der Waals surface area contributed by atoms with Gasteiger partial charge in [-0.25, -0.2) is 22.2 Å². The Morgan fingerprint density at radius 1 is 1.12 bits per heavy atom. The van der Waals surface area contributed by atoms with Gasteiger partial charge in [-0.3, -0.25) is 9.40 Å². The van der Waals surface area contributed by atoms with Crippen LogP contribution in [0, 0.1) is 11.6 Å². The molecule has 0 amide bonds. The molecule has 0 spiro atoms. The molecule has 2 aromatic carbocycles. The first-order chi connectivity index (χ1) is 20.5. The summed E-state index contributed by atoms with van der Waals surface area (Å²) in [5, 5.41) is 9.10. The molecule has 0 unspecified atom stereocenters. The summed E-state index contributed by atoms with van der Waals surface area (Å²) in [7, 11) is -4.46. The normalized spacial score (nSPS) is 17.7. The zero-order chi connectivity index (χ0) is 30.5. The second kappa shape index (κ2) is 11.5. The first-order valence-corrected chi connectivity index (χ1v) is 15.9. The third-order valence-electron chi connectivity index (χ3n) is 7.78. The predicted molar refractivity (Wildman–Crippen MR) is 163 cm³/mol. The summed E-state index contributed by atoms with van der Waals surface area (Å²) in [6, 6.07) is 7.85. The van der Waals surface area contributed by atoms with Gasteiger partial charge in [0.25, 0.3) is 10.0 Å². The molecule has 0 saturated carbocycles. The predicted octanol–water partition coefficient (Wildman–Crippen LogP) is 5.92. The standard InChI is InChI=1S/C30H31ClF2N6O3S/c1-16(2)39-29-22(17-3-7-20(8-4-17)36-21-14-42-15-21)13-35-30(34)27(29)28(37-39)18-5-10-25(24(33)11-18)38-43(40,41)26-12-19(31)6-9-23(26)32/h3,5-6,9-13,16,20-21,36,38H,4,7-8,14-15H2,1-2H3,(H2,34,35)/t20-/m1/s1. The van der Waals surface area contributed by atoms with Crippen LogP contribution in [0.4, 0.5) is 20.3 Å². The quantitative estimate of drug-likeness (QED) is 0.221. The van der Waals surface area contributed by atoms with E-state index >= 15 is 4.39 Å². The van der Waals surface area contributed by atoms with E-state index < -0.39 is 26.6 Å². The van der Waals surface area contributed by atoms with Crippen LogP contribution in [0.5, 0.6) is 0 Å². The number of rotatable bonds is 8. The van der Waals surface area contributed by atoms with Gasteiger partial charge in [0, 0.05) is 34.4 Å². The van der Waals surface area contributed by atoms with Gasteiger partial charge in [-0.15, -0.1) is 0 Å². The molecular formula is C30H31ClF2N6O3S. The van der Waals surface area contributed by atoms with Crippen LogP contribution in [0.1, 0.15) is 44.7 Å². The van der Waals surface area contributed by atoms with E-state index in [9.17, 15) is 12.8 Å². The molecule has 1 aliphatic heterocycles. The van der Waals surface area contributed by atoms with E-state index in [4.69, 9.17) is 27.2 Å². The lowest BCUT2D eigenvalue weighted by Gasteiger charge is -2.33. The zero-order valence-corrected chi connectivity index (χ0v) is 25.1. The van der Waals surface area contributed by atoms with Gasteiger partial charge in [-0.2, -0.15) is 5.10 Å². The van der Waals surface area contributed by atoms with Gasteiger partial charge in [-0.05, 0) is 69.0 Å². The molecule has 2 aliphatic rings. The Bertz CT molecular complexity index is 1860. The van der Waals surface area contributed by atoms with Crippen LogP contribution < -0.4 is 15.8 Å². The summed E-state index contributed by atoms with van der Waals surface area (Å²) in [5.41, 5.74) is 9.75. The number of nitrogens with one attached hydrogen (secondary N) is 2. The number of sulfonamides is 1. The van der Waals surface area contributed by atoms with Crippen LogP contribution in [0.15, 0.2) is 53.6 Å². The summed E-state index contributed by atoms with van der Waals surface area (Å²) in [6.45, 7) is 5.50. The van der Waals surface area contributed by atoms with Crippen LogP contribution in [0.3, 0.4) is 0 Å². The van der Waals surface area contributed by atoms with Crippen LogP contribution in [0.25, 0.3) is 27.7 Å². The molecule has 2 aromatic heterocycles. The van der Waals surface area contributed by atoms with Crippen LogP contribution in [-0.2, 0) is 14.8 Å². The second-order valence-corrected chi connectivity index (χ2v) is 13.2. The Morgan fingerprint density at radius 2 is 1.91 bits per heavy atom. The van der Waals surface area contributed by atoms with Crippen LogP contribution in [0.2, 0.25) is 5.02 Å². The third kappa shape index (κ3) is 5.72. The highest BCUT2D eigenvalue weighted by Crippen LogP contribution is 2.40. The summed E-state index contributed by atoms with van der Waals surface area (Å²) in [4.78, 5) is 3.80. The molecule has 1 saturated heterocycles. The molecule has 9 nitrogen and oxygen atoms in total. The molecule has 3 heterocycles.